The number of rotatable bonds is 6. The van der Waals surface area contributed by atoms with Gasteiger partial charge in [0, 0.05) is 29.1 Å². The molecule has 2 nitrogen and oxygen atoms in total. The molecule has 6 heteroatoms. The van der Waals surface area contributed by atoms with E-state index >= 15 is 0 Å². The molecule has 0 unspecified atom stereocenters. The molecule has 0 aliphatic carbocycles. The van der Waals surface area contributed by atoms with Gasteiger partial charge in [0.25, 0.3) is 5.91 Å². The Morgan fingerprint density at radius 1 is 1.14 bits per heavy atom. The van der Waals surface area contributed by atoms with Crippen molar-refractivity contribution in [2.45, 2.75) is 5.75 Å². The van der Waals surface area contributed by atoms with Crippen LogP contribution in [0.3, 0.4) is 0 Å². The van der Waals surface area contributed by atoms with E-state index in [1.54, 1.807) is 11.8 Å². The van der Waals surface area contributed by atoms with Crippen LogP contribution in [0.1, 0.15) is 15.9 Å². The third-order valence-electron chi connectivity index (χ3n) is 2.89. The summed E-state index contributed by atoms with van der Waals surface area (Å²) < 4.78 is 26.2. The summed E-state index contributed by atoms with van der Waals surface area (Å²) in [4.78, 5) is 11.7. The van der Waals surface area contributed by atoms with Crippen LogP contribution in [0.25, 0.3) is 0 Å². The maximum absolute atomic E-state index is 13.4. The lowest BCUT2D eigenvalue weighted by atomic mass is 10.2. The third kappa shape index (κ3) is 5.00. The fourth-order valence-corrected chi connectivity index (χ4v) is 2.72. The molecule has 0 saturated carbocycles. The maximum Gasteiger partial charge on any atom is 0.254 e. The lowest BCUT2D eigenvalue weighted by Crippen LogP contribution is -2.26. The van der Waals surface area contributed by atoms with Gasteiger partial charge in [0.2, 0.25) is 0 Å². The summed E-state index contributed by atoms with van der Waals surface area (Å²) in [6.07, 6.45) is 0. The van der Waals surface area contributed by atoms with Crippen molar-refractivity contribution in [1.29, 1.82) is 0 Å². The SMILES string of the molecule is O=C(NCCSCc1ccc(Cl)cc1)c1ccc(F)cc1F. The molecule has 0 aliphatic heterocycles. The first-order valence-electron chi connectivity index (χ1n) is 6.61. The van der Waals surface area contributed by atoms with Crippen molar-refractivity contribution in [1.82, 2.24) is 5.32 Å². The van der Waals surface area contributed by atoms with Crippen molar-refractivity contribution in [2.75, 3.05) is 12.3 Å². The molecule has 0 atom stereocenters. The topological polar surface area (TPSA) is 29.1 Å². The fourth-order valence-electron chi connectivity index (χ4n) is 1.78. The van der Waals surface area contributed by atoms with Crippen LogP contribution in [0.15, 0.2) is 42.5 Å². The van der Waals surface area contributed by atoms with Crippen LogP contribution in [-0.2, 0) is 5.75 Å². The highest BCUT2D eigenvalue weighted by Gasteiger charge is 2.11. The summed E-state index contributed by atoms with van der Waals surface area (Å²) in [6, 6.07) is 10.5. The number of benzene rings is 2. The van der Waals surface area contributed by atoms with Crippen LogP contribution in [0.4, 0.5) is 8.78 Å². The zero-order valence-corrected chi connectivity index (χ0v) is 13.2. The molecule has 22 heavy (non-hydrogen) atoms. The summed E-state index contributed by atoms with van der Waals surface area (Å²) in [7, 11) is 0. The summed E-state index contributed by atoms with van der Waals surface area (Å²) in [5, 5.41) is 3.31. The minimum atomic E-state index is -0.855. The molecule has 0 heterocycles. The number of hydrogen-bond acceptors (Lipinski definition) is 2. The van der Waals surface area contributed by atoms with Crippen molar-refractivity contribution < 1.29 is 13.6 Å². The molecule has 0 bridgehead atoms. The van der Waals surface area contributed by atoms with E-state index in [4.69, 9.17) is 11.6 Å². The summed E-state index contributed by atoms with van der Waals surface area (Å²) in [5.41, 5.74) is 0.995. The van der Waals surface area contributed by atoms with Crippen molar-refractivity contribution in [3.05, 3.63) is 70.2 Å². The quantitative estimate of drug-likeness (QED) is 0.794. The van der Waals surface area contributed by atoms with E-state index in [9.17, 15) is 13.6 Å². The average Bonchev–Trinajstić information content (AvgIpc) is 2.48. The highest BCUT2D eigenvalue weighted by molar-refractivity contribution is 7.98. The second kappa shape index (κ2) is 8.15. The van der Waals surface area contributed by atoms with Gasteiger partial charge in [0.05, 0.1) is 5.56 Å². The molecule has 0 radical (unpaired) electrons. The summed E-state index contributed by atoms with van der Waals surface area (Å²) in [6.45, 7) is 0.411. The Kier molecular flexibility index (Phi) is 6.21. The van der Waals surface area contributed by atoms with Gasteiger partial charge in [-0.25, -0.2) is 8.78 Å². The van der Waals surface area contributed by atoms with Crippen molar-refractivity contribution in [3.63, 3.8) is 0 Å². The standard InChI is InChI=1S/C16H14ClF2NOS/c17-12-3-1-11(2-4-12)10-22-8-7-20-16(21)14-6-5-13(18)9-15(14)19/h1-6,9H,7-8,10H2,(H,20,21). The first kappa shape index (κ1) is 16.8. The van der Waals surface area contributed by atoms with Crippen molar-refractivity contribution >= 4 is 29.3 Å². The Hall–Kier alpha value is -1.59. The van der Waals surface area contributed by atoms with Gasteiger partial charge in [-0.3, -0.25) is 4.79 Å². The normalized spacial score (nSPS) is 10.5. The molecule has 0 aliphatic rings. The number of thioether (sulfide) groups is 1. The number of halogens is 3. The van der Waals surface area contributed by atoms with Gasteiger partial charge in [0.15, 0.2) is 0 Å². The zero-order chi connectivity index (χ0) is 15.9. The van der Waals surface area contributed by atoms with Gasteiger partial charge in [-0.2, -0.15) is 11.8 Å². The van der Waals surface area contributed by atoms with Crippen LogP contribution in [-0.4, -0.2) is 18.2 Å². The Balaban J connectivity index is 1.72. The highest BCUT2D eigenvalue weighted by atomic mass is 35.5. The van der Waals surface area contributed by atoms with Crippen LogP contribution in [0.5, 0.6) is 0 Å². The number of carbonyl (C=O) groups excluding carboxylic acids is 1. The van der Waals surface area contributed by atoms with E-state index in [1.165, 1.54) is 0 Å². The van der Waals surface area contributed by atoms with Gasteiger partial charge in [-0.1, -0.05) is 23.7 Å². The smallest absolute Gasteiger partial charge is 0.254 e. The molecule has 0 aromatic heterocycles. The van der Waals surface area contributed by atoms with E-state index in [1.807, 2.05) is 24.3 Å². The van der Waals surface area contributed by atoms with Gasteiger partial charge < -0.3 is 5.32 Å². The van der Waals surface area contributed by atoms with E-state index < -0.39 is 17.5 Å². The minimum Gasteiger partial charge on any atom is -0.351 e. The summed E-state index contributed by atoms with van der Waals surface area (Å²) >= 11 is 7.45. The number of nitrogens with one attached hydrogen (secondary N) is 1. The largest absolute Gasteiger partial charge is 0.351 e. The van der Waals surface area contributed by atoms with E-state index in [0.717, 1.165) is 23.4 Å². The first-order valence-corrected chi connectivity index (χ1v) is 8.15. The highest BCUT2D eigenvalue weighted by Crippen LogP contribution is 2.15. The Morgan fingerprint density at radius 2 is 1.86 bits per heavy atom. The maximum atomic E-state index is 13.4. The predicted molar refractivity (Wildman–Crippen MR) is 86.3 cm³/mol. The lowest BCUT2D eigenvalue weighted by molar-refractivity contribution is 0.0952. The Bertz CT molecular complexity index is 649. The molecule has 1 amide bonds. The molecular weight excluding hydrogens is 328 g/mol. The average molecular weight is 342 g/mol. The molecule has 0 fully saturated rings. The second-order valence-electron chi connectivity index (χ2n) is 4.56. The van der Waals surface area contributed by atoms with E-state index in [2.05, 4.69) is 5.32 Å². The molecule has 0 spiro atoms. The number of carbonyl (C=O) groups is 1. The lowest BCUT2D eigenvalue weighted by Gasteiger charge is -2.06. The van der Waals surface area contributed by atoms with Gasteiger partial charge in [-0.05, 0) is 29.8 Å². The summed E-state index contributed by atoms with van der Waals surface area (Å²) in [5.74, 6) is -0.599. The monoisotopic (exact) mass is 341 g/mol. The van der Waals surface area contributed by atoms with Gasteiger partial charge in [0.1, 0.15) is 11.6 Å². The Labute approximate surface area is 136 Å². The second-order valence-corrected chi connectivity index (χ2v) is 6.10. The minimum absolute atomic E-state index is 0.149. The van der Waals surface area contributed by atoms with Crippen molar-refractivity contribution in [3.8, 4) is 0 Å². The van der Waals surface area contributed by atoms with E-state index in [-0.39, 0.29) is 5.56 Å². The van der Waals surface area contributed by atoms with Crippen LogP contribution in [0, 0.1) is 11.6 Å². The molecule has 0 saturated heterocycles. The zero-order valence-electron chi connectivity index (χ0n) is 11.6. The Morgan fingerprint density at radius 3 is 2.55 bits per heavy atom. The number of amides is 1. The van der Waals surface area contributed by atoms with Gasteiger partial charge >= 0.3 is 0 Å². The molecule has 2 rings (SSSR count). The molecule has 2 aromatic carbocycles. The molecule has 2 aromatic rings. The predicted octanol–water partition coefficient (Wildman–Crippen LogP) is 4.28. The molecule has 1 N–H and O–H groups in total. The van der Waals surface area contributed by atoms with Gasteiger partial charge in [-0.15, -0.1) is 0 Å². The third-order valence-corrected chi connectivity index (χ3v) is 4.17. The van der Waals surface area contributed by atoms with Crippen molar-refractivity contribution in [2.24, 2.45) is 0 Å². The van der Waals surface area contributed by atoms with Crippen LogP contribution in [0.2, 0.25) is 5.02 Å². The molecule has 116 valence electrons. The fraction of sp³-hybridized carbons (Fsp3) is 0.188. The molecular formula is C16H14ClF2NOS. The van der Waals surface area contributed by atoms with Crippen LogP contribution < -0.4 is 5.32 Å². The van der Waals surface area contributed by atoms with Crippen LogP contribution >= 0.6 is 23.4 Å². The van der Waals surface area contributed by atoms with E-state index in [0.29, 0.717) is 23.4 Å². The first-order chi connectivity index (χ1) is 10.6. The number of hydrogen-bond donors (Lipinski definition) is 1.